The van der Waals surface area contributed by atoms with Gasteiger partial charge in [0.05, 0.1) is 5.71 Å². The molecule has 2 nitrogen and oxygen atoms in total. The van der Waals surface area contributed by atoms with Crippen molar-refractivity contribution in [1.82, 2.24) is 5.43 Å². The fourth-order valence-corrected chi connectivity index (χ4v) is 2.17. The largest absolute Gasteiger partial charge is 0.309 e. The fraction of sp³-hybridized carbons (Fsp3) is 0.133. The summed E-state index contributed by atoms with van der Waals surface area (Å²) in [5.74, 6) is 0. The highest BCUT2D eigenvalue weighted by atomic mass is 15.3. The van der Waals surface area contributed by atoms with Crippen LogP contribution in [-0.4, -0.2) is 12.3 Å². The van der Waals surface area contributed by atoms with Crippen LogP contribution in [0.1, 0.15) is 16.7 Å². The van der Waals surface area contributed by atoms with Crippen LogP contribution in [0.3, 0.4) is 0 Å². The van der Waals surface area contributed by atoms with Crippen LogP contribution in [0.2, 0.25) is 0 Å². The molecule has 0 amide bonds. The number of fused-ring (bicyclic) bond motifs is 1. The first-order valence-electron chi connectivity index (χ1n) is 5.89. The van der Waals surface area contributed by atoms with Crippen LogP contribution in [0, 0.1) is 0 Å². The number of nitrogens with zero attached hydrogens (tertiary/aromatic N) is 1. The summed E-state index contributed by atoms with van der Waals surface area (Å²) in [6, 6.07) is 18.8. The van der Waals surface area contributed by atoms with E-state index in [1.165, 1.54) is 11.1 Å². The molecule has 0 atom stereocenters. The number of benzene rings is 2. The smallest absolute Gasteiger partial charge is 0.0976 e. The second-order valence-corrected chi connectivity index (χ2v) is 4.14. The summed E-state index contributed by atoms with van der Waals surface area (Å²) >= 11 is 0. The predicted molar refractivity (Wildman–Crippen MR) is 70.2 cm³/mol. The van der Waals surface area contributed by atoms with E-state index in [4.69, 9.17) is 0 Å². The average Bonchev–Trinajstić information content (AvgIpc) is 2.62. The third-order valence-corrected chi connectivity index (χ3v) is 3.02. The Bertz CT molecular complexity index is 544. The molecule has 0 aromatic heterocycles. The van der Waals surface area contributed by atoms with Gasteiger partial charge in [-0.2, -0.15) is 5.10 Å². The second kappa shape index (κ2) is 4.42. The molecule has 0 radical (unpaired) electrons. The molecule has 3 rings (SSSR count). The summed E-state index contributed by atoms with van der Waals surface area (Å²) in [6.45, 7) is 0.896. The van der Waals surface area contributed by atoms with Gasteiger partial charge in [-0.25, -0.2) is 0 Å². The van der Waals surface area contributed by atoms with Crippen molar-refractivity contribution in [3.8, 4) is 0 Å². The summed E-state index contributed by atoms with van der Waals surface area (Å²) in [5, 5.41) is 4.50. The molecule has 1 N–H and O–H groups in total. The molecule has 84 valence electrons. The minimum Gasteiger partial charge on any atom is -0.309 e. The highest BCUT2D eigenvalue weighted by Gasteiger charge is 2.13. The second-order valence-electron chi connectivity index (χ2n) is 4.14. The lowest BCUT2D eigenvalue weighted by Gasteiger charge is -2.08. The third-order valence-electron chi connectivity index (χ3n) is 3.02. The number of rotatable bonds is 1. The van der Waals surface area contributed by atoms with Crippen molar-refractivity contribution in [2.75, 3.05) is 6.54 Å². The number of hydrogen-bond acceptors (Lipinski definition) is 2. The lowest BCUT2D eigenvalue weighted by atomic mass is 9.96. The predicted octanol–water partition coefficient (Wildman–Crippen LogP) is 2.58. The highest BCUT2D eigenvalue weighted by Crippen LogP contribution is 2.17. The maximum absolute atomic E-state index is 4.50. The molecule has 0 saturated carbocycles. The van der Waals surface area contributed by atoms with E-state index in [1.807, 2.05) is 18.2 Å². The lowest BCUT2D eigenvalue weighted by molar-refractivity contribution is 0.741. The fourth-order valence-electron chi connectivity index (χ4n) is 2.17. The van der Waals surface area contributed by atoms with Crippen LogP contribution < -0.4 is 5.43 Å². The Morgan fingerprint density at radius 2 is 1.65 bits per heavy atom. The number of hydrazone groups is 1. The maximum atomic E-state index is 4.50. The first-order chi connectivity index (χ1) is 8.45. The monoisotopic (exact) mass is 222 g/mol. The summed E-state index contributed by atoms with van der Waals surface area (Å²) in [4.78, 5) is 0. The van der Waals surface area contributed by atoms with Crippen molar-refractivity contribution in [3.05, 3.63) is 71.3 Å². The molecule has 2 heteroatoms. The summed E-state index contributed by atoms with van der Waals surface area (Å²) in [7, 11) is 0. The molecule has 17 heavy (non-hydrogen) atoms. The topological polar surface area (TPSA) is 24.4 Å². The summed E-state index contributed by atoms with van der Waals surface area (Å²) < 4.78 is 0. The van der Waals surface area contributed by atoms with E-state index in [1.54, 1.807) is 0 Å². The van der Waals surface area contributed by atoms with E-state index in [9.17, 15) is 0 Å². The standard InChI is InChI=1S/C15H14N2/c1-2-7-13(8-3-1)15-14-9-5-4-6-12(14)10-11-16-17-15/h1-9,16H,10-11H2. The Balaban J connectivity index is 2.14. The first kappa shape index (κ1) is 10.1. The van der Waals surface area contributed by atoms with Gasteiger partial charge in [-0.1, -0.05) is 54.6 Å². The van der Waals surface area contributed by atoms with Gasteiger partial charge in [0, 0.05) is 17.7 Å². The maximum Gasteiger partial charge on any atom is 0.0976 e. The van der Waals surface area contributed by atoms with Crippen LogP contribution in [0.4, 0.5) is 0 Å². The summed E-state index contributed by atoms with van der Waals surface area (Å²) in [6.07, 6.45) is 1.02. The molecular formula is C15H14N2. The van der Waals surface area contributed by atoms with Gasteiger partial charge < -0.3 is 5.43 Å². The SMILES string of the molecule is c1ccc(C2=NNCCc3ccccc32)cc1. The van der Waals surface area contributed by atoms with E-state index < -0.39 is 0 Å². The first-order valence-corrected chi connectivity index (χ1v) is 5.89. The molecule has 0 spiro atoms. The van der Waals surface area contributed by atoms with Crippen molar-refractivity contribution < 1.29 is 0 Å². The van der Waals surface area contributed by atoms with E-state index in [0.717, 1.165) is 24.2 Å². The Morgan fingerprint density at radius 3 is 2.53 bits per heavy atom. The van der Waals surface area contributed by atoms with Crippen molar-refractivity contribution >= 4 is 5.71 Å². The zero-order chi connectivity index (χ0) is 11.5. The average molecular weight is 222 g/mol. The van der Waals surface area contributed by atoms with Crippen LogP contribution in [0.15, 0.2) is 59.7 Å². The minimum atomic E-state index is 0.896. The molecule has 0 bridgehead atoms. The molecule has 1 heterocycles. The van der Waals surface area contributed by atoms with Gasteiger partial charge in [0.25, 0.3) is 0 Å². The molecule has 1 aliphatic rings. The zero-order valence-corrected chi connectivity index (χ0v) is 9.56. The van der Waals surface area contributed by atoms with E-state index in [0.29, 0.717) is 0 Å². The van der Waals surface area contributed by atoms with Crippen molar-refractivity contribution in [2.24, 2.45) is 5.10 Å². The molecule has 0 unspecified atom stereocenters. The highest BCUT2D eigenvalue weighted by molar-refractivity contribution is 6.13. The quantitative estimate of drug-likeness (QED) is 0.788. The van der Waals surface area contributed by atoms with Gasteiger partial charge in [0.15, 0.2) is 0 Å². The van der Waals surface area contributed by atoms with E-state index >= 15 is 0 Å². The van der Waals surface area contributed by atoms with Gasteiger partial charge >= 0.3 is 0 Å². The Kier molecular flexibility index (Phi) is 2.62. The lowest BCUT2D eigenvalue weighted by Crippen LogP contribution is -2.10. The summed E-state index contributed by atoms with van der Waals surface area (Å²) in [5.41, 5.74) is 7.93. The molecule has 0 aliphatic carbocycles. The molecule has 2 aromatic rings. The number of nitrogens with one attached hydrogen (secondary N) is 1. The van der Waals surface area contributed by atoms with Crippen molar-refractivity contribution in [1.29, 1.82) is 0 Å². The van der Waals surface area contributed by atoms with Crippen LogP contribution in [0.25, 0.3) is 0 Å². The normalized spacial score (nSPS) is 14.2. The van der Waals surface area contributed by atoms with E-state index in [-0.39, 0.29) is 0 Å². The van der Waals surface area contributed by atoms with Gasteiger partial charge in [0.1, 0.15) is 0 Å². The van der Waals surface area contributed by atoms with Crippen LogP contribution >= 0.6 is 0 Å². The van der Waals surface area contributed by atoms with Crippen molar-refractivity contribution in [3.63, 3.8) is 0 Å². The molecule has 0 fully saturated rings. The minimum absolute atomic E-state index is 0.896. The van der Waals surface area contributed by atoms with Gasteiger partial charge in [-0.05, 0) is 12.0 Å². The molecular weight excluding hydrogens is 208 g/mol. The Morgan fingerprint density at radius 1 is 0.882 bits per heavy atom. The Hall–Kier alpha value is -2.09. The third kappa shape index (κ3) is 1.94. The molecule has 2 aromatic carbocycles. The van der Waals surface area contributed by atoms with Gasteiger partial charge in [-0.15, -0.1) is 0 Å². The molecule has 0 saturated heterocycles. The molecule has 1 aliphatic heterocycles. The van der Waals surface area contributed by atoms with E-state index in [2.05, 4.69) is 46.9 Å². The van der Waals surface area contributed by atoms with Crippen LogP contribution in [0.5, 0.6) is 0 Å². The van der Waals surface area contributed by atoms with Crippen molar-refractivity contribution in [2.45, 2.75) is 6.42 Å². The number of hydrogen-bond donors (Lipinski definition) is 1. The zero-order valence-electron chi connectivity index (χ0n) is 9.56. The Labute approximate surface area is 101 Å². The van der Waals surface area contributed by atoms with Crippen LogP contribution in [-0.2, 0) is 6.42 Å². The van der Waals surface area contributed by atoms with Gasteiger partial charge in [-0.3, -0.25) is 0 Å². The van der Waals surface area contributed by atoms with Gasteiger partial charge in [0.2, 0.25) is 0 Å².